The molecule has 6 heteroatoms. The number of hydrogen-bond acceptors (Lipinski definition) is 5. The van der Waals surface area contributed by atoms with Crippen LogP contribution in [0.3, 0.4) is 0 Å². The SMILES string of the molecule is CCN1CCO[C@H](CNCc2c(C)nc3sccn23)C1. The maximum absolute atomic E-state index is 5.81. The fourth-order valence-electron chi connectivity index (χ4n) is 2.70. The molecule has 0 radical (unpaired) electrons. The van der Waals surface area contributed by atoms with E-state index in [9.17, 15) is 0 Å². The van der Waals surface area contributed by atoms with Gasteiger partial charge in [0.2, 0.25) is 0 Å². The second-order valence-electron chi connectivity index (χ2n) is 5.22. The van der Waals surface area contributed by atoms with Gasteiger partial charge in [0.15, 0.2) is 4.96 Å². The molecule has 1 aliphatic rings. The molecule has 1 atom stereocenters. The fourth-order valence-corrected chi connectivity index (χ4v) is 3.47. The van der Waals surface area contributed by atoms with E-state index in [1.807, 2.05) is 0 Å². The number of ether oxygens (including phenoxy) is 1. The van der Waals surface area contributed by atoms with Crippen molar-refractivity contribution in [2.45, 2.75) is 26.5 Å². The summed E-state index contributed by atoms with van der Waals surface area (Å²) < 4.78 is 7.98. The van der Waals surface area contributed by atoms with Gasteiger partial charge in [-0.15, -0.1) is 11.3 Å². The summed E-state index contributed by atoms with van der Waals surface area (Å²) in [6.07, 6.45) is 2.39. The molecular weight excluding hydrogens is 272 g/mol. The Morgan fingerprint density at radius 2 is 2.45 bits per heavy atom. The number of morpholine rings is 1. The van der Waals surface area contributed by atoms with Gasteiger partial charge in [-0.2, -0.15) is 0 Å². The Labute approximate surface area is 123 Å². The largest absolute Gasteiger partial charge is 0.374 e. The normalized spacial score (nSPS) is 20.8. The third-order valence-electron chi connectivity index (χ3n) is 3.90. The van der Waals surface area contributed by atoms with E-state index in [2.05, 4.69) is 45.0 Å². The highest BCUT2D eigenvalue weighted by atomic mass is 32.1. The molecule has 0 saturated carbocycles. The lowest BCUT2D eigenvalue weighted by atomic mass is 10.2. The van der Waals surface area contributed by atoms with Gasteiger partial charge in [-0.3, -0.25) is 9.30 Å². The molecule has 110 valence electrons. The van der Waals surface area contributed by atoms with Crippen LogP contribution >= 0.6 is 11.3 Å². The third kappa shape index (κ3) is 2.88. The minimum Gasteiger partial charge on any atom is -0.374 e. The lowest BCUT2D eigenvalue weighted by Crippen LogP contribution is -2.46. The third-order valence-corrected chi connectivity index (χ3v) is 4.65. The molecule has 0 amide bonds. The van der Waals surface area contributed by atoms with Gasteiger partial charge in [-0.1, -0.05) is 6.92 Å². The van der Waals surface area contributed by atoms with E-state index < -0.39 is 0 Å². The Hall–Kier alpha value is -0.950. The van der Waals surface area contributed by atoms with Gasteiger partial charge >= 0.3 is 0 Å². The summed E-state index contributed by atoms with van der Waals surface area (Å²) in [6.45, 7) is 10.1. The lowest BCUT2D eigenvalue weighted by molar-refractivity contribution is -0.0254. The van der Waals surface area contributed by atoms with Crippen molar-refractivity contribution in [1.29, 1.82) is 0 Å². The number of hydrogen-bond donors (Lipinski definition) is 1. The summed E-state index contributed by atoms with van der Waals surface area (Å²) in [5.74, 6) is 0. The number of imidazole rings is 1. The molecule has 0 unspecified atom stereocenters. The summed E-state index contributed by atoms with van der Waals surface area (Å²) >= 11 is 1.68. The number of aryl methyl sites for hydroxylation is 1. The molecule has 1 aliphatic heterocycles. The van der Waals surface area contributed by atoms with Crippen LogP contribution < -0.4 is 5.32 Å². The van der Waals surface area contributed by atoms with Crippen molar-refractivity contribution in [3.8, 4) is 0 Å². The Bertz CT molecular complexity index is 565. The number of likely N-dealkylation sites (N-methyl/N-ethyl adjacent to an activating group) is 1. The van der Waals surface area contributed by atoms with Crippen molar-refractivity contribution < 1.29 is 4.74 Å². The minimum atomic E-state index is 0.301. The second kappa shape index (κ2) is 6.22. The zero-order valence-corrected chi connectivity index (χ0v) is 12.9. The molecule has 3 rings (SSSR count). The highest BCUT2D eigenvalue weighted by Crippen LogP contribution is 2.16. The van der Waals surface area contributed by atoms with E-state index >= 15 is 0 Å². The summed E-state index contributed by atoms with van der Waals surface area (Å²) in [4.78, 5) is 8.08. The number of aromatic nitrogens is 2. The Balaban J connectivity index is 1.54. The van der Waals surface area contributed by atoms with Gasteiger partial charge in [-0.05, 0) is 13.5 Å². The quantitative estimate of drug-likeness (QED) is 0.908. The second-order valence-corrected chi connectivity index (χ2v) is 6.09. The number of thiazole rings is 1. The van der Waals surface area contributed by atoms with Gasteiger partial charge < -0.3 is 10.1 Å². The van der Waals surface area contributed by atoms with Crippen LogP contribution in [0.2, 0.25) is 0 Å². The zero-order valence-electron chi connectivity index (χ0n) is 12.1. The van der Waals surface area contributed by atoms with Crippen LogP contribution in [0.1, 0.15) is 18.3 Å². The first-order chi connectivity index (χ1) is 9.78. The van der Waals surface area contributed by atoms with Crippen LogP contribution in [0.25, 0.3) is 4.96 Å². The monoisotopic (exact) mass is 294 g/mol. The molecule has 1 N–H and O–H groups in total. The van der Waals surface area contributed by atoms with Crippen LogP contribution in [0.15, 0.2) is 11.6 Å². The predicted octanol–water partition coefficient (Wildman–Crippen LogP) is 1.51. The molecule has 0 aromatic carbocycles. The van der Waals surface area contributed by atoms with Crippen molar-refractivity contribution in [2.24, 2.45) is 0 Å². The topological polar surface area (TPSA) is 41.8 Å². The van der Waals surface area contributed by atoms with E-state index in [1.54, 1.807) is 11.3 Å². The van der Waals surface area contributed by atoms with Crippen molar-refractivity contribution in [2.75, 3.05) is 32.8 Å². The smallest absolute Gasteiger partial charge is 0.194 e. The highest BCUT2D eigenvalue weighted by molar-refractivity contribution is 7.15. The van der Waals surface area contributed by atoms with Gasteiger partial charge in [0.1, 0.15) is 0 Å². The van der Waals surface area contributed by atoms with E-state index in [1.165, 1.54) is 5.69 Å². The van der Waals surface area contributed by atoms with Gasteiger partial charge in [-0.25, -0.2) is 4.98 Å². The maximum Gasteiger partial charge on any atom is 0.194 e. The first-order valence-corrected chi connectivity index (χ1v) is 8.11. The zero-order chi connectivity index (χ0) is 13.9. The molecule has 1 fully saturated rings. The number of rotatable bonds is 5. The first-order valence-electron chi connectivity index (χ1n) is 7.23. The van der Waals surface area contributed by atoms with Gasteiger partial charge in [0.05, 0.1) is 24.1 Å². The van der Waals surface area contributed by atoms with Gasteiger partial charge in [0.25, 0.3) is 0 Å². The molecule has 2 aromatic rings. The summed E-state index contributed by atoms with van der Waals surface area (Å²) in [5, 5.41) is 5.60. The molecular formula is C14H22N4OS. The van der Waals surface area contributed by atoms with Crippen LogP contribution in [0.4, 0.5) is 0 Å². The molecule has 0 aliphatic carbocycles. The Morgan fingerprint density at radius 3 is 3.30 bits per heavy atom. The van der Waals surface area contributed by atoms with Crippen molar-refractivity contribution in [1.82, 2.24) is 19.6 Å². The first kappa shape index (κ1) is 14.0. The van der Waals surface area contributed by atoms with Crippen LogP contribution in [0, 0.1) is 6.92 Å². The lowest BCUT2D eigenvalue weighted by Gasteiger charge is -2.32. The Morgan fingerprint density at radius 1 is 1.55 bits per heavy atom. The van der Waals surface area contributed by atoms with Gasteiger partial charge in [0, 0.05) is 37.8 Å². The number of nitrogens with one attached hydrogen (secondary N) is 1. The molecule has 2 aromatic heterocycles. The van der Waals surface area contributed by atoms with Crippen molar-refractivity contribution in [3.05, 3.63) is 23.0 Å². The standard InChI is InChI=1S/C14H22N4OS/c1-3-17-4-6-19-12(10-17)8-15-9-13-11(2)16-14-18(13)5-7-20-14/h5,7,12,15H,3-4,6,8-10H2,1-2H3/t12-/m1/s1. The number of nitrogens with zero attached hydrogens (tertiary/aromatic N) is 3. The van der Waals surface area contributed by atoms with E-state index in [-0.39, 0.29) is 0 Å². The molecule has 0 spiro atoms. The van der Waals surface area contributed by atoms with E-state index in [0.29, 0.717) is 6.10 Å². The van der Waals surface area contributed by atoms with E-state index in [0.717, 1.165) is 50.0 Å². The molecule has 5 nitrogen and oxygen atoms in total. The van der Waals surface area contributed by atoms with Crippen LogP contribution in [-0.4, -0.2) is 53.2 Å². The maximum atomic E-state index is 5.81. The average Bonchev–Trinajstić information content (AvgIpc) is 3.01. The molecule has 1 saturated heterocycles. The van der Waals surface area contributed by atoms with Crippen LogP contribution in [-0.2, 0) is 11.3 Å². The Kier molecular flexibility index (Phi) is 4.35. The molecule has 3 heterocycles. The summed E-state index contributed by atoms with van der Waals surface area (Å²) in [7, 11) is 0. The summed E-state index contributed by atoms with van der Waals surface area (Å²) in [5.41, 5.74) is 2.37. The van der Waals surface area contributed by atoms with E-state index in [4.69, 9.17) is 4.74 Å². The van der Waals surface area contributed by atoms with Crippen LogP contribution in [0.5, 0.6) is 0 Å². The summed E-state index contributed by atoms with van der Waals surface area (Å²) in [6, 6.07) is 0. The number of fused-ring (bicyclic) bond motifs is 1. The minimum absolute atomic E-state index is 0.301. The predicted molar refractivity (Wildman–Crippen MR) is 81.4 cm³/mol. The van der Waals surface area contributed by atoms with Crippen molar-refractivity contribution >= 4 is 16.3 Å². The fraction of sp³-hybridized carbons (Fsp3) is 0.643. The molecule has 20 heavy (non-hydrogen) atoms. The highest BCUT2D eigenvalue weighted by Gasteiger charge is 2.19. The average molecular weight is 294 g/mol. The molecule has 0 bridgehead atoms. The van der Waals surface area contributed by atoms with Crippen molar-refractivity contribution in [3.63, 3.8) is 0 Å².